The van der Waals surface area contributed by atoms with Gasteiger partial charge in [0.1, 0.15) is 11.6 Å². The molecule has 0 fully saturated rings. The van der Waals surface area contributed by atoms with E-state index in [1.54, 1.807) is 7.11 Å². The fourth-order valence-corrected chi connectivity index (χ4v) is 1.74. The van der Waals surface area contributed by atoms with Crippen molar-refractivity contribution in [2.24, 2.45) is 0 Å². The van der Waals surface area contributed by atoms with Crippen LogP contribution in [0.2, 0.25) is 5.02 Å². The number of hydrogen-bond acceptors (Lipinski definition) is 4. The molecule has 0 saturated heterocycles. The van der Waals surface area contributed by atoms with Gasteiger partial charge in [0.05, 0.1) is 18.3 Å². The Balaban J connectivity index is 2.22. The number of methoxy groups -OCH3 is 1. The van der Waals surface area contributed by atoms with Crippen LogP contribution in [-0.4, -0.2) is 28.2 Å². The summed E-state index contributed by atoms with van der Waals surface area (Å²) in [6, 6.07) is 7.39. The van der Waals surface area contributed by atoms with Gasteiger partial charge in [0.25, 0.3) is 0 Å². The lowest BCUT2D eigenvalue weighted by molar-refractivity contribution is 0.0690. The first-order chi connectivity index (χ1) is 9.10. The lowest BCUT2D eigenvalue weighted by Crippen LogP contribution is -2.06. The molecule has 0 aliphatic heterocycles. The Hall–Kier alpha value is -2.14. The number of aromatic carboxylic acids is 1. The van der Waals surface area contributed by atoms with Crippen molar-refractivity contribution >= 4 is 17.6 Å². The minimum atomic E-state index is -1.16. The van der Waals surface area contributed by atoms with Crippen LogP contribution in [0.15, 0.2) is 30.5 Å². The summed E-state index contributed by atoms with van der Waals surface area (Å²) in [6.07, 6.45) is 1.73. The Bertz CT molecular complexity index is 599. The molecular weight excluding hydrogens is 268 g/mol. The normalized spacial score (nSPS) is 10.2. The molecule has 0 saturated carbocycles. The molecule has 0 amide bonds. The number of ether oxygens (including phenoxy) is 1. The number of nitrogens with zero attached hydrogens (tertiary/aromatic N) is 2. The van der Waals surface area contributed by atoms with Crippen molar-refractivity contribution in [1.82, 2.24) is 9.97 Å². The summed E-state index contributed by atoms with van der Waals surface area (Å²) in [5.74, 6) is 0.00217. The van der Waals surface area contributed by atoms with Crippen molar-refractivity contribution in [3.05, 3.63) is 52.6 Å². The average Bonchev–Trinajstić information content (AvgIpc) is 2.41. The maximum atomic E-state index is 10.9. The van der Waals surface area contributed by atoms with E-state index in [-0.39, 0.29) is 10.7 Å². The molecule has 98 valence electrons. The van der Waals surface area contributed by atoms with E-state index in [1.165, 1.54) is 6.20 Å². The predicted molar refractivity (Wildman–Crippen MR) is 69.8 cm³/mol. The van der Waals surface area contributed by atoms with Crippen LogP contribution in [0.1, 0.15) is 21.9 Å². The van der Waals surface area contributed by atoms with Gasteiger partial charge in [-0.3, -0.25) is 0 Å². The van der Waals surface area contributed by atoms with E-state index in [1.807, 2.05) is 24.3 Å². The van der Waals surface area contributed by atoms with Crippen LogP contribution in [0, 0.1) is 0 Å². The third kappa shape index (κ3) is 3.20. The third-order valence-corrected chi connectivity index (χ3v) is 2.79. The molecule has 1 N–H and O–H groups in total. The van der Waals surface area contributed by atoms with Crippen molar-refractivity contribution < 1.29 is 14.6 Å². The van der Waals surface area contributed by atoms with Crippen molar-refractivity contribution in [1.29, 1.82) is 0 Å². The van der Waals surface area contributed by atoms with Gasteiger partial charge >= 0.3 is 5.97 Å². The van der Waals surface area contributed by atoms with E-state index < -0.39 is 5.97 Å². The lowest BCUT2D eigenvalue weighted by Gasteiger charge is -2.04. The zero-order valence-electron chi connectivity index (χ0n) is 10.1. The first kappa shape index (κ1) is 13.3. The van der Waals surface area contributed by atoms with Crippen LogP contribution in [0.4, 0.5) is 0 Å². The largest absolute Gasteiger partial charge is 0.497 e. The summed E-state index contributed by atoms with van der Waals surface area (Å²) in [7, 11) is 1.59. The molecule has 0 bridgehead atoms. The minimum absolute atomic E-state index is 0.0333. The highest BCUT2D eigenvalue weighted by molar-refractivity contribution is 6.33. The van der Waals surface area contributed by atoms with Gasteiger partial charge in [0.2, 0.25) is 0 Å². The van der Waals surface area contributed by atoms with Crippen molar-refractivity contribution in [3.63, 3.8) is 0 Å². The number of carboxylic acid groups (broad SMARTS) is 1. The maximum Gasteiger partial charge on any atom is 0.356 e. The van der Waals surface area contributed by atoms with E-state index in [2.05, 4.69) is 9.97 Å². The van der Waals surface area contributed by atoms with E-state index in [9.17, 15) is 4.79 Å². The molecule has 1 aromatic heterocycles. The summed E-state index contributed by atoms with van der Waals surface area (Å²) in [6.45, 7) is 0. The summed E-state index contributed by atoms with van der Waals surface area (Å²) >= 11 is 5.71. The van der Waals surface area contributed by atoms with Crippen LogP contribution >= 0.6 is 11.6 Å². The van der Waals surface area contributed by atoms with Crippen LogP contribution in [0.25, 0.3) is 0 Å². The second kappa shape index (κ2) is 5.67. The van der Waals surface area contributed by atoms with E-state index >= 15 is 0 Å². The highest BCUT2D eigenvalue weighted by Gasteiger charge is 2.12. The average molecular weight is 279 g/mol. The Morgan fingerprint density at radius 3 is 2.63 bits per heavy atom. The molecule has 1 heterocycles. The van der Waals surface area contributed by atoms with Gasteiger partial charge in [0, 0.05) is 6.42 Å². The number of halogens is 1. The molecule has 5 nitrogen and oxygen atoms in total. The predicted octanol–water partition coefficient (Wildman–Crippen LogP) is 2.43. The van der Waals surface area contributed by atoms with E-state index in [4.69, 9.17) is 21.4 Å². The maximum absolute atomic E-state index is 10.9. The fourth-order valence-electron chi connectivity index (χ4n) is 1.56. The Labute approximate surface area is 114 Å². The van der Waals surface area contributed by atoms with Crippen molar-refractivity contribution in [3.8, 4) is 5.75 Å². The van der Waals surface area contributed by atoms with Gasteiger partial charge in [-0.25, -0.2) is 14.8 Å². The number of benzene rings is 1. The molecule has 0 unspecified atom stereocenters. The van der Waals surface area contributed by atoms with Gasteiger partial charge in [-0.1, -0.05) is 23.7 Å². The second-order valence-corrected chi connectivity index (χ2v) is 4.22. The molecule has 6 heteroatoms. The minimum Gasteiger partial charge on any atom is -0.497 e. The molecular formula is C13H11ClN2O3. The monoisotopic (exact) mass is 278 g/mol. The molecule has 2 aromatic rings. The van der Waals surface area contributed by atoms with Crippen molar-refractivity contribution in [2.45, 2.75) is 6.42 Å². The van der Waals surface area contributed by atoms with Crippen LogP contribution in [0.5, 0.6) is 5.75 Å². The first-order valence-corrected chi connectivity index (χ1v) is 5.85. The Morgan fingerprint density at radius 2 is 2.05 bits per heavy atom. The topological polar surface area (TPSA) is 72.3 Å². The van der Waals surface area contributed by atoms with Crippen molar-refractivity contribution in [2.75, 3.05) is 7.11 Å². The molecule has 1 aromatic carbocycles. The molecule has 0 radical (unpaired) electrons. The molecule has 0 aliphatic carbocycles. The smallest absolute Gasteiger partial charge is 0.356 e. The summed E-state index contributed by atoms with van der Waals surface area (Å²) in [5.41, 5.74) is 0.777. The summed E-state index contributed by atoms with van der Waals surface area (Å²) in [4.78, 5) is 18.9. The highest BCUT2D eigenvalue weighted by atomic mass is 35.5. The van der Waals surface area contributed by atoms with Gasteiger partial charge in [-0.15, -0.1) is 0 Å². The number of aromatic nitrogens is 2. The van der Waals surface area contributed by atoms with Gasteiger partial charge in [0.15, 0.2) is 5.69 Å². The van der Waals surface area contributed by atoms with Crippen LogP contribution in [-0.2, 0) is 6.42 Å². The van der Waals surface area contributed by atoms with E-state index in [0.717, 1.165) is 11.3 Å². The number of hydrogen-bond donors (Lipinski definition) is 1. The molecule has 0 atom stereocenters. The summed E-state index contributed by atoms with van der Waals surface area (Å²) < 4.78 is 5.06. The quantitative estimate of drug-likeness (QED) is 0.930. The first-order valence-electron chi connectivity index (χ1n) is 5.48. The zero-order valence-corrected chi connectivity index (χ0v) is 10.9. The SMILES string of the molecule is COc1ccc(Cc2ncc(Cl)c(C(=O)O)n2)cc1. The number of rotatable bonds is 4. The number of carboxylic acids is 1. The van der Waals surface area contributed by atoms with E-state index in [0.29, 0.717) is 12.2 Å². The Morgan fingerprint density at radius 1 is 1.37 bits per heavy atom. The highest BCUT2D eigenvalue weighted by Crippen LogP contribution is 2.16. The lowest BCUT2D eigenvalue weighted by atomic mass is 10.1. The standard InChI is InChI=1S/C13H11ClN2O3/c1-19-9-4-2-8(3-5-9)6-11-15-7-10(14)12(16-11)13(17)18/h2-5,7H,6H2,1H3,(H,17,18). The zero-order chi connectivity index (χ0) is 13.8. The fraction of sp³-hybridized carbons (Fsp3) is 0.154. The molecule has 0 aliphatic rings. The summed E-state index contributed by atoms with van der Waals surface area (Å²) in [5, 5.41) is 8.97. The second-order valence-electron chi connectivity index (χ2n) is 3.81. The molecule has 19 heavy (non-hydrogen) atoms. The molecule has 0 spiro atoms. The molecule has 2 rings (SSSR count). The van der Waals surface area contributed by atoms with Gasteiger partial charge in [-0.05, 0) is 17.7 Å². The van der Waals surface area contributed by atoms with Gasteiger partial charge in [-0.2, -0.15) is 0 Å². The Kier molecular flexibility index (Phi) is 3.97. The van der Waals surface area contributed by atoms with Crippen LogP contribution < -0.4 is 4.74 Å². The van der Waals surface area contributed by atoms with Crippen LogP contribution in [0.3, 0.4) is 0 Å². The number of carbonyl (C=O) groups is 1. The third-order valence-electron chi connectivity index (χ3n) is 2.52. The van der Waals surface area contributed by atoms with Gasteiger partial charge < -0.3 is 9.84 Å².